The summed E-state index contributed by atoms with van der Waals surface area (Å²) in [6, 6.07) is 2.64. The second-order valence-electron chi connectivity index (χ2n) is 4.64. The van der Waals surface area contributed by atoms with Gasteiger partial charge in [0.05, 0.1) is 11.6 Å². The van der Waals surface area contributed by atoms with E-state index in [1.807, 2.05) is 6.92 Å². The molecule has 1 aromatic carbocycles. The van der Waals surface area contributed by atoms with Gasteiger partial charge in [-0.2, -0.15) is 0 Å². The molecule has 1 aromatic rings. The molecule has 5 nitrogen and oxygen atoms in total. The van der Waals surface area contributed by atoms with Crippen LogP contribution in [0.3, 0.4) is 0 Å². The van der Waals surface area contributed by atoms with Gasteiger partial charge in [-0.3, -0.25) is 0 Å². The van der Waals surface area contributed by atoms with E-state index >= 15 is 0 Å². The van der Waals surface area contributed by atoms with Gasteiger partial charge in [0, 0.05) is 24.7 Å². The number of halogens is 2. The lowest BCUT2D eigenvalue weighted by Gasteiger charge is -2.16. The Morgan fingerprint density at radius 2 is 2.00 bits per heavy atom. The maximum absolute atomic E-state index is 12.4. The number of sulfonamides is 1. The third kappa shape index (κ3) is 5.39. The number of hydrogen-bond acceptors (Lipinski definition) is 4. The van der Waals surface area contributed by atoms with Crippen molar-refractivity contribution in [3.63, 3.8) is 0 Å². The normalized spacial score (nSPS) is 13.4. The molecule has 0 bridgehead atoms. The molecule has 0 aliphatic rings. The Kier molecular flexibility index (Phi) is 7.39. The molecule has 21 heavy (non-hydrogen) atoms. The van der Waals surface area contributed by atoms with Crippen LogP contribution in [0.4, 0.5) is 0 Å². The lowest BCUT2D eigenvalue weighted by molar-refractivity contribution is 0.180. The first-order valence-electron chi connectivity index (χ1n) is 6.51. The van der Waals surface area contributed by atoms with Gasteiger partial charge in [0.2, 0.25) is 10.0 Å². The van der Waals surface area contributed by atoms with Gasteiger partial charge in [0.1, 0.15) is 4.90 Å². The van der Waals surface area contributed by atoms with E-state index in [0.29, 0.717) is 17.1 Å². The Hall–Kier alpha value is -0.370. The second kappa shape index (κ2) is 8.31. The van der Waals surface area contributed by atoms with Crippen LogP contribution < -0.4 is 10.0 Å². The maximum Gasteiger partial charge on any atom is 0.242 e. The SMILES string of the molecule is CCNCc1cc(Cl)cc(S(=O)(=O)NC(C)COC)c1Cl. The number of ether oxygens (including phenoxy) is 1. The molecule has 0 spiro atoms. The average Bonchev–Trinajstić information content (AvgIpc) is 2.38. The summed E-state index contributed by atoms with van der Waals surface area (Å²) in [6.45, 7) is 5.12. The Morgan fingerprint density at radius 1 is 1.33 bits per heavy atom. The molecule has 120 valence electrons. The molecule has 0 fully saturated rings. The molecule has 0 aromatic heterocycles. The summed E-state index contributed by atoms with van der Waals surface area (Å²) < 4.78 is 32.2. The zero-order chi connectivity index (χ0) is 16.0. The summed E-state index contributed by atoms with van der Waals surface area (Å²) in [6.07, 6.45) is 0. The van der Waals surface area contributed by atoms with Gasteiger partial charge in [0.25, 0.3) is 0 Å². The molecule has 1 unspecified atom stereocenters. The fourth-order valence-corrected chi connectivity index (χ4v) is 3.97. The zero-order valence-electron chi connectivity index (χ0n) is 12.2. The number of nitrogens with one attached hydrogen (secondary N) is 2. The molecular formula is C13H20Cl2N2O3S. The van der Waals surface area contributed by atoms with E-state index in [-0.39, 0.29) is 22.6 Å². The number of rotatable bonds is 8. The quantitative estimate of drug-likeness (QED) is 0.752. The van der Waals surface area contributed by atoms with Gasteiger partial charge < -0.3 is 10.1 Å². The van der Waals surface area contributed by atoms with Crippen molar-refractivity contribution in [1.82, 2.24) is 10.0 Å². The lowest BCUT2D eigenvalue weighted by atomic mass is 10.2. The second-order valence-corrected chi connectivity index (χ2v) is 7.13. The Morgan fingerprint density at radius 3 is 2.57 bits per heavy atom. The minimum Gasteiger partial charge on any atom is -0.383 e. The molecule has 0 heterocycles. The van der Waals surface area contributed by atoms with Crippen LogP contribution in [0.15, 0.2) is 17.0 Å². The summed E-state index contributed by atoms with van der Waals surface area (Å²) in [5.41, 5.74) is 0.644. The standard InChI is InChI=1S/C13H20Cl2N2O3S/c1-4-16-7-10-5-11(14)6-12(13(10)15)21(18,19)17-9(2)8-20-3/h5-6,9,16-17H,4,7-8H2,1-3H3. The van der Waals surface area contributed by atoms with Crippen LogP contribution in [0.2, 0.25) is 10.0 Å². The molecule has 0 aliphatic heterocycles. The molecule has 0 aliphatic carbocycles. The minimum atomic E-state index is -3.76. The summed E-state index contributed by atoms with van der Waals surface area (Å²) in [7, 11) is -2.25. The van der Waals surface area contributed by atoms with Gasteiger partial charge >= 0.3 is 0 Å². The van der Waals surface area contributed by atoms with Crippen LogP contribution in [-0.4, -0.2) is 34.7 Å². The van der Waals surface area contributed by atoms with E-state index < -0.39 is 10.0 Å². The number of benzene rings is 1. The predicted octanol–water partition coefficient (Wildman–Crippen LogP) is 2.42. The molecular weight excluding hydrogens is 335 g/mol. The summed E-state index contributed by atoms with van der Waals surface area (Å²) in [5.74, 6) is 0. The monoisotopic (exact) mass is 354 g/mol. The molecule has 1 rings (SSSR count). The summed E-state index contributed by atoms with van der Waals surface area (Å²) in [4.78, 5) is -0.0208. The van der Waals surface area contributed by atoms with E-state index in [2.05, 4.69) is 10.0 Å². The average molecular weight is 355 g/mol. The first-order valence-corrected chi connectivity index (χ1v) is 8.75. The largest absolute Gasteiger partial charge is 0.383 e. The van der Waals surface area contributed by atoms with Gasteiger partial charge in [-0.05, 0) is 31.2 Å². The topological polar surface area (TPSA) is 67.4 Å². The van der Waals surface area contributed by atoms with Crippen LogP contribution in [-0.2, 0) is 21.3 Å². The van der Waals surface area contributed by atoms with Crippen LogP contribution in [0, 0.1) is 0 Å². The Labute approximate surface area is 136 Å². The first-order chi connectivity index (χ1) is 9.81. The fraction of sp³-hybridized carbons (Fsp3) is 0.538. The molecule has 0 radical (unpaired) electrons. The third-order valence-electron chi connectivity index (χ3n) is 2.71. The van der Waals surface area contributed by atoms with Crippen molar-refractivity contribution >= 4 is 33.2 Å². The van der Waals surface area contributed by atoms with Crippen molar-refractivity contribution in [1.29, 1.82) is 0 Å². The van der Waals surface area contributed by atoms with Gasteiger partial charge in [0.15, 0.2) is 0 Å². The molecule has 1 atom stereocenters. The van der Waals surface area contributed by atoms with E-state index in [1.54, 1.807) is 13.0 Å². The first kappa shape index (κ1) is 18.7. The highest BCUT2D eigenvalue weighted by Crippen LogP contribution is 2.29. The van der Waals surface area contributed by atoms with Crippen LogP contribution in [0.25, 0.3) is 0 Å². The smallest absolute Gasteiger partial charge is 0.242 e. The number of methoxy groups -OCH3 is 1. The highest BCUT2D eigenvalue weighted by molar-refractivity contribution is 7.89. The Balaban J connectivity index is 3.13. The van der Waals surface area contributed by atoms with Gasteiger partial charge in [-0.25, -0.2) is 13.1 Å². The molecule has 0 amide bonds. The van der Waals surface area contributed by atoms with Gasteiger partial charge in [-0.15, -0.1) is 0 Å². The van der Waals surface area contributed by atoms with E-state index in [0.717, 1.165) is 6.54 Å². The number of hydrogen-bond donors (Lipinski definition) is 2. The lowest BCUT2D eigenvalue weighted by Crippen LogP contribution is -2.35. The third-order valence-corrected chi connectivity index (χ3v) is 5.10. The van der Waals surface area contributed by atoms with E-state index in [4.69, 9.17) is 27.9 Å². The van der Waals surface area contributed by atoms with Crippen LogP contribution >= 0.6 is 23.2 Å². The van der Waals surface area contributed by atoms with Crippen molar-refractivity contribution in [3.05, 3.63) is 27.7 Å². The molecule has 0 saturated carbocycles. The van der Waals surface area contributed by atoms with Crippen molar-refractivity contribution in [2.24, 2.45) is 0 Å². The molecule has 8 heteroatoms. The van der Waals surface area contributed by atoms with Crippen molar-refractivity contribution in [2.45, 2.75) is 31.3 Å². The van der Waals surface area contributed by atoms with E-state index in [9.17, 15) is 8.42 Å². The van der Waals surface area contributed by atoms with Gasteiger partial charge in [-0.1, -0.05) is 30.1 Å². The summed E-state index contributed by atoms with van der Waals surface area (Å²) in [5, 5.41) is 3.60. The molecule has 2 N–H and O–H groups in total. The highest BCUT2D eigenvalue weighted by atomic mass is 35.5. The van der Waals surface area contributed by atoms with Crippen LogP contribution in [0.1, 0.15) is 19.4 Å². The van der Waals surface area contributed by atoms with Crippen molar-refractivity contribution in [2.75, 3.05) is 20.3 Å². The fourth-order valence-electron chi connectivity index (χ4n) is 1.81. The zero-order valence-corrected chi connectivity index (χ0v) is 14.6. The molecule has 0 saturated heterocycles. The van der Waals surface area contributed by atoms with Crippen molar-refractivity contribution < 1.29 is 13.2 Å². The maximum atomic E-state index is 12.4. The van der Waals surface area contributed by atoms with Crippen molar-refractivity contribution in [3.8, 4) is 0 Å². The summed E-state index contributed by atoms with van der Waals surface area (Å²) >= 11 is 12.2. The predicted molar refractivity (Wildman–Crippen MR) is 85.5 cm³/mol. The highest BCUT2D eigenvalue weighted by Gasteiger charge is 2.23. The van der Waals surface area contributed by atoms with Crippen LogP contribution in [0.5, 0.6) is 0 Å². The van der Waals surface area contributed by atoms with E-state index in [1.165, 1.54) is 13.2 Å². The minimum absolute atomic E-state index is 0.0208. The Bertz CT molecular complexity index is 579.